The highest BCUT2D eigenvalue weighted by Gasteiger charge is 2.33. The summed E-state index contributed by atoms with van der Waals surface area (Å²) < 4.78 is 35.5. The minimum atomic E-state index is -3.46. The van der Waals surface area contributed by atoms with Gasteiger partial charge in [0.1, 0.15) is 0 Å². The number of ether oxygens (including phenoxy) is 1. The summed E-state index contributed by atoms with van der Waals surface area (Å²) in [5.41, 5.74) is 0.969. The van der Waals surface area contributed by atoms with Crippen LogP contribution in [0.5, 0.6) is 0 Å². The lowest BCUT2D eigenvalue weighted by molar-refractivity contribution is 0.148. The highest BCUT2D eigenvalue weighted by Crippen LogP contribution is 2.23. The van der Waals surface area contributed by atoms with Crippen LogP contribution in [0.1, 0.15) is 18.4 Å². The maximum atomic E-state index is 12.5. The maximum absolute atomic E-state index is 12.5. The Kier molecular flexibility index (Phi) is 4.79. The van der Waals surface area contributed by atoms with E-state index in [1.807, 2.05) is 29.6 Å². The Bertz CT molecular complexity index is 742. The Morgan fingerprint density at radius 1 is 1.41 bits per heavy atom. The summed E-state index contributed by atoms with van der Waals surface area (Å²) in [4.78, 5) is 0. The van der Waals surface area contributed by atoms with Gasteiger partial charge in [0.05, 0.1) is 6.61 Å². The molecule has 2 heterocycles. The zero-order valence-electron chi connectivity index (χ0n) is 12.5. The minimum absolute atomic E-state index is 0.0538. The van der Waals surface area contributed by atoms with Crippen LogP contribution in [0, 0.1) is 0 Å². The van der Waals surface area contributed by atoms with Crippen LogP contribution < -0.4 is 4.72 Å². The lowest BCUT2D eigenvalue weighted by Crippen LogP contribution is -2.44. The fourth-order valence-electron chi connectivity index (χ4n) is 2.87. The summed E-state index contributed by atoms with van der Waals surface area (Å²) in [6.45, 7) is 1.32. The molecule has 0 saturated carbocycles. The van der Waals surface area contributed by atoms with Crippen LogP contribution >= 0.6 is 11.3 Å². The molecule has 0 amide bonds. The van der Waals surface area contributed by atoms with Crippen molar-refractivity contribution in [3.05, 3.63) is 35.2 Å². The number of nitrogens with zero attached hydrogens (tertiary/aromatic N) is 1. The summed E-state index contributed by atoms with van der Waals surface area (Å²) in [7, 11) is -1.86. The first-order chi connectivity index (χ1) is 10.6. The van der Waals surface area contributed by atoms with E-state index in [-0.39, 0.29) is 6.04 Å². The van der Waals surface area contributed by atoms with Gasteiger partial charge in [-0.3, -0.25) is 0 Å². The lowest BCUT2D eigenvalue weighted by atomic mass is 10.2. The standard InChI is InChI=1S/C15H20N2O3S2/c1-20-11-14-3-2-7-17(14)22(18,19)16-10-12-4-5-15-13(9-12)6-8-21-15/h4-6,8-9,14,16H,2-3,7,10-11H2,1H3/t14-/m1/s1. The maximum Gasteiger partial charge on any atom is 0.280 e. The summed E-state index contributed by atoms with van der Waals surface area (Å²) in [5.74, 6) is 0. The van der Waals surface area contributed by atoms with Gasteiger partial charge in [-0.1, -0.05) is 6.07 Å². The number of thiophene rings is 1. The molecule has 0 unspecified atom stereocenters. The Labute approximate surface area is 135 Å². The van der Waals surface area contributed by atoms with Crippen molar-refractivity contribution >= 4 is 31.6 Å². The smallest absolute Gasteiger partial charge is 0.280 e. The fraction of sp³-hybridized carbons (Fsp3) is 0.467. The topological polar surface area (TPSA) is 58.6 Å². The molecule has 120 valence electrons. The summed E-state index contributed by atoms with van der Waals surface area (Å²) in [5, 5.41) is 3.19. The SMILES string of the molecule is COC[C@H]1CCCN1S(=O)(=O)NCc1ccc2sccc2c1. The van der Waals surface area contributed by atoms with Gasteiger partial charge in [-0.15, -0.1) is 11.3 Å². The highest BCUT2D eigenvalue weighted by molar-refractivity contribution is 7.87. The van der Waals surface area contributed by atoms with Crippen molar-refractivity contribution in [2.24, 2.45) is 0 Å². The van der Waals surface area contributed by atoms with Gasteiger partial charge < -0.3 is 4.74 Å². The number of hydrogen-bond donors (Lipinski definition) is 1. The molecule has 1 atom stereocenters. The first-order valence-electron chi connectivity index (χ1n) is 7.31. The number of benzene rings is 1. The zero-order chi connectivity index (χ0) is 15.6. The van der Waals surface area contributed by atoms with Crippen LogP contribution in [0.15, 0.2) is 29.6 Å². The second-order valence-corrected chi connectivity index (χ2v) is 8.14. The molecule has 1 aromatic heterocycles. The van der Waals surface area contributed by atoms with E-state index in [9.17, 15) is 8.42 Å². The second kappa shape index (κ2) is 6.64. The van der Waals surface area contributed by atoms with Crippen LogP contribution in [-0.4, -0.2) is 39.0 Å². The Balaban J connectivity index is 1.68. The number of hydrogen-bond acceptors (Lipinski definition) is 4. The molecule has 3 rings (SSSR count). The third-order valence-electron chi connectivity index (χ3n) is 3.97. The average Bonchev–Trinajstić information content (AvgIpc) is 3.14. The first-order valence-corrected chi connectivity index (χ1v) is 9.63. The molecule has 7 heteroatoms. The summed E-state index contributed by atoms with van der Waals surface area (Å²) in [6, 6.07) is 8.03. The van der Waals surface area contributed by atoms with Crippen molar-refractivity contribution in [1.29, 1.82) is 0 Å². The molecule has 1 N–H and O–H groups in total. The van der Waals surface area contributed by atoms with Crippen molar-refractivity contribution in [2.75, 3.05) is 20.3 Å². The molecule has 1 aliphatic rings. The molecule has 1 aromatic carbocycles. The third kappa shape index (κ3) is 3.33. The molecule has 0 radical (unpaired) electrons. The Morgan fingerprint density at radius 2 is 2.27 bits per heavy atom. The molecule has 1 fully saturated rings. The zero-order valence-corrected chi connectivity index (χ0v) is 14.1. The van der Waals surface area contributed by atoms with Gasteiger partial charge in [-0.2, -0.15) is 17.4 Å². The molecular formula is C15H20N2O3S2. The second-order valence-electron chi connectivity index (χ2n) is 5.48. The van der Waals surface area contributed by atoms with Gasteiger partial charge >= 0.3 is 0 Å². The quantitative estimate of drug-likeness (QED) is 0.878. The van der Waals surface area contributed by atoms with Gasteiger partial charge in [0, 0.05) is 30.9 Å². The van der Waals surface area contributed by atoms with Crippen LogP contribution in [0.2, 0.25) is 0 Å². The molecule has 22 heavy (non-hydrogen) atoms. The lowest BCUT2D eigenvalue weighted by Gasteiger charge is -2.23. The molecular weight excluding hydrogens is 320 g/mol. The van der Waals surface area contributed by atoms with Crippen molar-refractivity contribution in [2.45, 2.75) is 25.4 Å². The van der Waals surface area contributed by atoms with E-state index in [2.05, 4.69) is 4.72 Å². The number of methoxy groups -OCH3 is 1. The van der Waals surface area contributed by atoms with Crippen LogP contribution in [0.25, 0.3) is 10.1 Å². The van der Waals surface area contributed by atoms with E-state index in [1.165, 1.54) is 9.01 Å². The van der Waals surface area contributed by atoms with Crippen LogP contribution in [0.4, 0.5) is 0 Å². The monoisotopic (exact) mass is 340 g/mol. The fourth-order valence-corrected chi connectivity index (χ4v) is 5.08. The number of rotatable bonds is 6. The predicted octanol–water partition coefficient (Wildman–Crippen LogP) is 2.35. The van der Waals surface area contributed by atoms with E-state index in [0.717, 1.165) is 23.8 Å². The number of fused-ring (bicyclic) bond motifs is 1. The Hall–Kier alpha value is -0.990. The molecule has 2 aromatic rings. The average molecular weight is 340 g/mol. The Morgan fingerprint density at radius 3 is 3.09 bits per heavy atom. The molecule has 1 aliphatic heterocycles. The van der Waals surface area contributed by atoms with E-state index in [4.69, 9.17) is 4.74 Å². The van der Waals surface area contributed by atoms with Crippen molar-refractivity contribution in [3.63, 3.8) is 0 Å². The summed E-state index contributed by atoms with van der Waals surface area (Å²) in [6.07, 6.45) is 1.74. The normalized spacial score (nSPS) is 20.0. The predicted molar refractivity (Wildman–Crippen MR) is 89.2 cm³/mol. The highest BCUT2D eigenvalue weighted by atomic mass is 32.2. The van der Waals surface area contributed by atoms with Crippen LogP contribution in [0.3, 0.4) is 0 Å². The van der Waals surface area contributed by atoms with Crippen molar-refractivity contribution in [3.8, 4) is 0 Å². The van der Waals surface area contributed by atoms with E-state index >= 15 is 0 Å². The van der Waals surface area contributed by atoms with E-state index in [0.29, 0.717) is 19.7 Å². The van der Waals surface area contributed by atoms with Crippen LogP contribution in [-0.2, 0) is 21.5 Å². The minimum Gasteiger partial charge on any atom is -0.383 e. The van der Waals surface area contributed by atoms with Crippen molar-refractivity contribution in [1.82, 2.24) is 9.03 Å². The summed E-state index contributed by atoms with van der Waals surface area (Å²) >= 11 is 1.69. The van der Waals surface area contributed by atoms with Crippen molar-refractivity contribution < 1.29 is 13.2 Å². The van der Waals surface area contributed by atoms with Gasteiger partial charge in [-0.05, 0) is 47.4 Å². The first kappa shape index (κ1) is 15.9. The molecule has 0 bridgehead atoms. The molecule has 0 spiro atoms. The van der Waals surface area contributed by atoms with Gasteiger partial charge in [0.2, 0.25) is 0 Å². The molecule has 0 aliphatic carbocycles. The van der Waals surface area contributed by atoms with E-state index < -0.39 is 10.2 Å². The molecule has 5 nitrogen and oxygen atoms in total. The van der Waals surface area contributed by atoms with E-state index in [1.54, 1.807) is 18.4 Å². The van der Waals surface area contributed by atoms with Gasteiger partial charge in [0.15, 0.2) is 0 Å². The molecule has 1 saturated heterocycles. The van der Waals surface area contributed by atoms with Gasteiger partial charge in [-0.25, -0.2) is 0 Å². The third-order valence-corrected chi connectivity index (χ3v) is 6.47. The number of nitrogens with one attached hydrogen (secondary N) is 1. The largest absolute Gasteiger partial charge is 0.383 e. The van der Waals surface area contributed by atoms with Gasteiger partial charge in [0.25, 0.3) is 10.2 Å².